The number of hydrogen-bond donors (Lipinski definition) is 0. The van der Waals surface area contributed by atoms with Crippen molar-refractivity contribution in [3.8, 4) is 45.3 Å². The number of benzene rings is 8. The number of aromatic nitrogens is 3. The summed E-state index contributed by atoms with van der Waals surface area (Å²) in [7, 11) is 0. The highest BCUT2D eigenvalue weighted by Gasteiger charge is 2.22. The van der Waals surface area contributed by atoms with E-state index in [4.69, 9.17) is 23.8 Å². The predicted octanol–water partition coefficient (Wildman–Crippen LogP) is 12.6. The van der Waals surface area contributed by atoms with Crippen LogP contribution in [0.4, 0.5) is 0 Å². The lowest BCUT2D eigenvalue weighted by molar-refractivity contribution is 0.668. The van der Waals surface area contributed by atoms with Crippen LogP contribution in [0.15, 0.2) is 173 Å². The highest BCUT2D eigenvalue weighted by molar-refractivity contribution is 6.20. The maximum absolute atomic E-state index is 6.58. The second-order valence-electron chi connectivity index (χ2n) is 13.1. The lowest BCUT2D eigenvalue weighted by Crippen LogP contribution is -2.01. The lowest BCUT2D eigenvalue weighted by atomic mass is 9.95. The van der Waals surface area contributed by atoms with Crippen molar-refractivity contribution in [2.75, 3.05) is 0 Å². The summed E-state index contributed by atoms with van der Waals surface area (Å²) in [6.45, 7) is 0. The van der Waals surface area contributed by atoms with E-state index in [9.17, 15) is 0 Å². The Hall–Kier alpha value is -7.11. The van der Waals surface area contributed by atoms with Crippen molar-refractivity contribution in [2.45, 2.75) is 0 Å². The van der Waals surface area contributed by atoms with E-state index < -0.39 is 0 Å². The molecule has 52 heavy (non-hydrogen) atoms. The Labute approximate surface area is 297 Å². The molecule has 0 spiro atoms. The van der Waals surface area contributed by atoms with Gasteiger partial charge in [0, 0.05) is 43.8 Å². The first-order valence-electron chi connectivity index (χ1n) is 17.4. The first-order chi connectivity index (χ1) is 25.8. The van der Waals surface area contributed by atoms with Crippen molar-refractivity contribution in [1.29, 1.82) is 0 Å². The minimum Gasteiger partial charge on any atom is -0.456 e. The Balaban J connectivity index is 1.21. The van der Waals surface area contributed by atoms with Crippen molar-refractivity contribution in [3.05, 3.63) is 164 Å². The van der Waals surface area contributed by atoms with Crippen molar-refractivity contribution in [2.24, 2.45) is 0 Å². The van der Waals surface area contributed by atoms with E-state index in [0.29, 0.717) is 17.5 Å². The molecule has 0 saturated carbocycles. The number of nitrogens with zero attached hydrogens (tertiary/aromatic N) is 3. The molecule has 5 heteroatoms. The van der Waals surface area contributed by atoms with Crippen molar-refractivity contribution in [3.63, 3.8) is 0 Å². The van der Waals surface area contributed by atoms with Gasteiger partial charge in [-0.15, -0.1) is 0 Å². The van der Waals surface area contributed by atoms with E-state index in [0.717, 1.165) is 87.9 Å². The number of fused-ring (bicyclic) bond motifs is 9. The van der Waals surface area contributed by atoms with E-state index in [1.54, 1.807) is 0 Å². The van der Waals surface area contributed by atoms with Crippen LogP contribution >= 0.6 is 0 Å². The standard InChI is InChI=1S/C47H27N3O2/c1-2-13-28(14-3-1)45-48-46(50-47(49-45)38-27-29-15-4-5-16-30(29)31-17-6-7-18-32(31)38)37-23-12-26-41-43(37)42-34(20-11-25-40(42)51-41)36-22-10-21-35-33-19-8-9-24-39(33)52-44(35)36/h1-27H. The van der Waals surface area contributed by atoms with Crippen LogP contribution in [0.25, 0.3) is 111 Å². The summed E-state index contributed by atoms with van der Waals surface area (Å²) in [5.74, 6) is 1.80. The van der Waals surface area contributed by atoms with Gasteiger partial charge in [-0.1, -0.05) is 140 Å². The molecule has 0 aliphatic rings. The third kappa shape index (κ3) is 4.33. The monoisotopic (exact) mass is 665 g/mol. The molecule has 242 valence electrons. The zero-order valence-electron chi connectivity index (χ0n) is 27.7. The van der Waals surface area contributed by atoms with Gasteiger partial charge in [-0.2, -0.15) is 0 Å². The smallest absolute Gasteiger partial charge is 0.164 e. The van der Waals surface area contributed by atoms with Gasteiger partial charge >= 0.3 is 0 Å². The molecular formula is C47H27N3O2. The molecule has 0 amide bonds. The van der Waals surface area contributed by atoms with Gasteiger partial charge in [0.1, 0.15) is 22.3 Å². The zero-order chi connectivity index (χ0) is 34.2. The molecule has 11 aromatic rings. The van der Waals surface area contributed by atoms with Crippen LogP contribution in [0, 0.1) is 0 Å². The van der Waals surface area contributed by atoms with Gasteiger partial charge in [-0.25, -0.2) is 15.0 Å². The van der Waals surface area contributed by atoms with Gasteiger partial charge in [0.05, 0.1) is 0 Å². The van der Waals surface area contributed by atoms with Gasteiger partial charge in [0.2, 0.25) is 0 Å². The fourth-order valence-corrected chi connectivity index (χ4v) is 7.81. The molecule has 0 aliphatic carbocycles. The molecule has 0 fully saturated rings. The van der Waals surface area contributed by atoms with Crippen LogP contribution in [0.5, 0.6) is 0 Å². The summed E-state index contributed by atoms with van der Waals surface area (Å²) in [4.78, 5) is 15.6. The Kier molecular flexibility index (Phi) is 6.18. The van der Waals surface area contributed by atoms with Crippen LogP contribution in [0.3, 0.4) is 0 Å². The van der Waals surface area contributed by atoms with E-state index in [1.165, 1.54) is 5.39 Å². The summed E-state index contributed by atoms with van der Waals surface area (Å²) in [6.07, 6.45) is 0. The van der Waals surface area contributed by atoms with E-state index in [-0.39, 0.29) is 0 Å². The van der Waals surface area contributed by atoms with Crippen LogP contribution in [-0.2, 0) is 0 Å². The van der Waals surface area contributed by atoms with E-state index in [2.05, 4.69) is 91.0 Å². The summed E-state index contributed by atoms with van der Waals surface area (Å²) in [5, 5.41) is 8.68. The van der Waals surface area contributed by atoms with Crippen molar-refractivity contribution < 1.29 is 8.83 Å². The van der Waals surface area contributed by atoms with E-state index in [1.807, 2.05) is 72.8 Å². The molecule has 0 unspecified atom stereocenters. The second kappa shape index (κ2) is 11.2. The van der Waals surface area contributed by atoms with Gasteiger partial charge in [-0.3, -0.25) is 0 Å². The topological polar surface area (TPSA) is 65.0 Å². The number of rotatable bonds is 4. The van der Waals surface area contributed by atoms with Gasteiger partial charge < -0.3 is 8.83 Å². The summed E-state index contributed by atoms with van der Waals surface area (Å²) in [5.41, 5.74) is 8.01. The second-order valence-corrected chi connectivity index (χ2v) is 13.1. The zero-order valence-corrected chi connectivity index (χ0v) is 27.7. The molecule has 11 rings (SSSR count). The normalized spacial score (nSPS) is 11.8. The summed E-state index contributed by atoms with van der Waals surface area (Å²) >= 11 is 0. The fraction of sp³-hybridized carbons (Fsp3) is 0. The quantitative estimate of drug-likeness (QED) is 0.175. The molecule has 0 aliphatic heterocycles. The molecule has 0 saturated heterocycles. The molecule has 8 aromatic carbocycles. The molecular weight excluding hydrogens is 639 g/mol. The van der Waals surface area contributed by atoms with Crippen molar-refractivity contribution >= 4 is 65.4 Å². The largest absolute Gasteiger partial charge is 0.456 e. The Morgan fingerprint density at radius 2 is 0.885 bits per heavy atom. The lowest BCUT2D eigenvalue weighted by Gasteiger charge is -2.13. The molecule has 3 aromatic heterocycles. The van der Waals surface area contributed by atoms with Crippen LogP contribution < -0.4 is 0 Å². The Morgan fingerprint density at radius 3 is 1.71 bits per heavy atom. The van der Waals surface area contributed by atoms with E-state index >= 15 is 0 Å². The molecule has 0 bridgehead atoms. The molecule has 3 heterocycles. The molecule has 0 radical (unpaired) electrons. The molecule has 0 N–H and O–H groups in total. The average Bonchev–Trinajstić information content (AvgIpc) is 3.80. The number of furan rings is 2. The van der Waals surface area contributed by atoms with Crippen LogP contribution in [0.1, 0.15) is 0 Å². The number of para-hydroxylation sites is 2. The van der Waals surface area contributed by atoms with Gasteiger partial charge in [-0.05, 0) is 51.4 Å². The molecule has 5 nitrogen and oxygen atoms in total. The molecule has 0 atom stereocenters. The number of hydrogen-bond acceptors (Lipinski definition) is 5. The highest BCUT2D eigenvalue weighted by Crippen LogP contribution is 2.44. The third-order valence-electron chi connectivity index (χ3n) is 10.1. The summed E-state index contributed by atoms with van der Waals surface area (Å²) in [6, 6.07) is 56.1. The Bertz CT molecular complexity index is 3190. The minimum absolute atomic E-state index is 0.575. The fourth-order valence-electron chi connectivity index (χ4n) is 7.81. The van der Waals surface area contributed by atoms with Crippen molar-refractivity contribution in [1.82, 2.24) is 15.0 Å². The van der Waals surface area contributed by atoms with Crippen LogP contribution in [-0.4, -0.2) is 15.0 Å². The maximum atomic E-state index is 6.58. The predicted molar refractivity (Wildman–Crippen MR) is 211 cm³/mol. The average molecular weight is 666 g/mol. The first kappa shape index (κ1) is 28.7. The Morgan fingerprint density at radius 1 is 0.327 bits per heavy atom. The first-order valence-corrected chi connectivity index (χ1v) is 17.4. The third-order valence-corrected chi connectivity index (χ3v) is 10.1. The van der Waals surface area contributed by atoms with Gasteiger partial charge in [0.25, 0.3) is 0 Å². The maximum Gasteiger partial charge on any atom is 0.164 e. The van der Waals surface area contributed by atoms with Crippen LogP contribution in [0.2, 0.25) is 0 Å². The highest BCUT2D eigenvalue weighted by atomic mass is 16.3. The minimum atomic E-state index is 0.575. The summed E-state index contributed by atoms with van der Waals surface area (Å²) < 4.78 is 13.1. The SMILES string of the molecule is c1ccc(-c2nc(-c3cc4ccccc4c4ccccc34)nc(-c3cccc4oc5cccc(-c6cccc7c6oc6ccccc67)c5c34)n2)cc1. The van der Waals surface area contributed by atoms with Gasteiger partial charge in [0.15, 0.2) is 17.5 Å².